The number of halogens is 9. The maximum Gasteiger partial charge on any atom is 0.434 e. The Kier molecular flexibility index (Phi) is 6.25. The number of aryl methyl sites for hydroxylation is 1. The molecule has 0 fully saturated rings. The Morgan fingerprint density at radius 2 is 1.46 bits per heavy atom. The lowest BCUT2D eigenvalue weighted by Crippen LogP contribution is -2.45. The molecule has 15 heteroatoms. The van der Waals surface area contributed by atoms with Crippen LogP contribution in [-0.2, 0) is 18.0 Å². The Hall–Kier alpha value is -3.78. The topological polar surface area (TPSA) is 75.2 Å². The number of alkyl halides is 9. The first-order valence-corrected chi connectivity index (χ1v) is 9.22. The molecule has 1 aromatic heterocycles. The quantitative estimate of drug-likeness (QED) is 0.166. The minimum Gasteiger partial charge on any atom is -0.595 e. The second kappa shape index (κ2) is 8.46. The number of fused-ring (bicyclic) bond motifs is 1. The summed E-state index contributed by atoms with van der Waals surface area (Å²) >= 11 is 0. The van der Waals surface area contributed by atoms with Gasteiger partial charge in [-0.15, -0.1) is 4.68 Å². The van der Waals surface area contributed by atoms with Gasteiger partial charge in [0.1, 0.15) is 5.52 Å². The second-order valence-electron chi connectivity index (χ2n) is 7.12. The third-order valence-electron chi connectivity index (χ3n) is 4.82. The fourth-order valence-electron chi connectivity index (χ4n) is 3.22. The molecule has 0 aliphatic carbocycles. The largest absolute Gasteiger partial charge is 0.595 e. The van der Waals surface area contributed by atoms with Crippen molar-refractivity contribution in [3.63, 3.8) is 0 Å². The average Bonchev–Trinajstić information content (AvgIpc) is 2.99. The van der Waals surface area contributed by atoms with Crippen LogP contribution in [0.2, 0.25) is 0 Å². The van der Waals surface area contributed by atoms with Crippen LogP contribution < -0.4 is 4.85 Å². The first kappa shape index (κ1) is 25.8. The molecule has 0 aliphatic rings. The van der Waals surface area contributed by atoms with Gasteiger partial charge >= 0.3 is 24.5 Å². The highest BCUT2D eigenvalue weighted by Gasteiger charge is 2.60. The summed E-state index contributed by atoms with van der Waals surface area (Å²) in [7, 11) is 1.09. The van der Waals surface area contributed by atoms with Crippen LogP contribution in [-0.4, -0.2) is 34.9 Å². The van der Waals surface area contributed by atoms with Crippen molar-refractivity contribution < 1.29 is 58.7 Å². The van der Waals surface area contributed by atoms with Gasteiger partial charge in [0.15, 0.2) is 0 Å². The third-order valence-corrected chi connectivity index (χ3v) is 4.82. The molecular formula is C20H11F9N2O4. The number of ketones is 1. The molecule has 3 aromatic rings. The Morgan fingerprint density at radius 3 is 1.97 bits per heavy atom. The number of benzene rings is 2. The van der Waals surface area contributed by atoms with Gasteiger partial charge in [0, 0.05) is 5.56 Å². The van der Waals surface area contributed by atoms with E-state index in [-0.39, 0.29) is 10.4 Å². The number of carbonyl (C=O) groups excluding carboxylic acids is 2. The van der Waals surface area contributed by atoms with Gasteiger partial charge < -0.3 is 9.94 Å². The summed E-state index contributed by atoms with van der Waals surface area (Å²) in [4.78, 5) is 25.2. The van der Waals surface area contributed by atoms with Crippen molar-refractivity contribution in [2.75, 3.05) is 0 Å². The zero-order valence-electron chi connectivity index (χ0n) is 17.0. The number of carbonyl (C=O) groups is 2. The van der Waals surface area contributed by atoms with Crippen molar-refractivity contribution in [1.29, 1.82) is 0 Å². The molecule has 0 amide bonds. The minimum absolute atomic E-state index is 0.122. The van der Waals surface area contributed by atoms with E-state index < -0.39 is 64.2 Å². The van der Waals surface area contributed by atoms with E-state index in [2.05, 4.69) is 4.74 Å². The maximum atomic E-state index is 13.1. The van der Waals surface area contributed by atoms with E-state index in [1.54, 1.807) is 0 Å². The van der Waals surface area contributed by atoms with Crippen LogP contribution in [0.4, 0.5) is 39.5 Å². The summed E-state index contributed by atoms with van der Waals surface area (Å²) in [6, 6.07) is 5.51. The Bertz CT molecular complexity index is 1290. The van der Waals surface area contributed by atoms with Crippen LogP contribution in [0, 0.1) is 5.21 Å². The van der Waals surface area contributed by atoms with Gasteiger partial charge in [-0.3, -0.25) is 4.79 Å². The van der Waals surface area contributed by atoms with Crippen LogP contribution >= 0.6 is 0 Å². The molecule has 188 valence electrons. The van der Waals surface area contributed by atoms with E-state index in [4.69, 9.17) is 0 Å². The minimum atomic E-state index is -6.03. The number of esters is 1. The van der Waals surface area contributed by atoms with E-state index in [0.717, 1.165) is 36.0 Å². The lowest BCUT2D eigenvalue weighted by Gasteiger charge is -2.23. The third kappa shape index (κ3) is 4.88. The first-order chi connectivity index (χ1) is 15.9. The van der Waals surface area contributed by atoms with Crippen LogP contribution in [0.5, 0.6) is 0 Å². The van der Waals surface area contributed by atoms with Gasteiger partial charge in [-0.05, 0) is 30.3 Å². The van der Waals surface area contributed by atoms with Crippen LogP contribution in [0.3, 0.4) is 0 Å². The van der Waals surface area contributed by atoms with Gasteiger partial charge in [0.05, 0.1) is 23.6 Å². The van der Waals surface area contributed by atoms with Gasteiger partial charge in [0.25, 0.3) is 17.6 Å². The number of hydrogen-bond donors (Lipinski definition) is 0. The predicted molar refractivity (Wildman–Crippen MR) is 98.1 cm³/mol. The Balaban J connectivity index is 2.13. The molecule has 6 nitrogen and oxygen atoms in total. The number of nitrogens with zero attached hydrogens (tertiary/aromatic N) is 2. The molecule has 0 spiro atoms. The van der Waals surface area contributed by atoms with E-state index in [1.165, 1.54) is 0 Å². The number of ether oxygens (including phenoxy) is 1. The van der Waals surface area contributed by atoms with Crippen molar-refractivity contribution in [1.82, 2.24) is 4.68 Å². The molecule has 0 radical (unpaired) electrons. The lowest BCUT2D eigenvalue weighted by molar-refractivity contribution is -0.690. The van der Waals surface area contributed by atoms with Crippen molar-refractivity contribution in [3.8, 4) is 0 Å². The number of rotatable bonds is 4. The molecule has 0 N–H and O–H groups in total. The predicted octanol–water partition coefficient (Wildman–Crippen LogP) is 4.71. The highest BCUT2D eigenvalue weighted by atomic mass is 19.4. The summed E-state index contributed by atoms with van der Waals surface area (Å²) < 4.78 is 120. The highest BCUT2D eigenvalue weighted by Crippen LogP contribution is 2.37. The number of aromatic nitrogens is 2. The molecule has 0 saturated heterocycles. The van der Waals surface area contributed by atoms with Crippen molar-refractivity contribution in [2.45, 2.75) is 24.6 Å². The summed E-state index contributed by atoms with van der Waals surface area (Å²) in [5.74, 6) is -3.63. The molecular weight excluding hydrogens is 503 g/mol. The van der Waals surface area contributed by atoms with Crippen molar-refractivity contribution in [3.05, 3.63) is 70.1 Å². The van der Waals surface area contributed by atoms with Gasteiger partial charge in [0.2, 0.25) is 0 Å². The first-order valence-electron chi connectivity index (χ1n) is 9.22. The zero-order valence-corrected chi connectivity index (χ0v) is 17.0. The molecule has 0 bridgehead atoms. The Morgan fingerprint density at radius 1 is 0.914 bits per heavy atom. The smallest absolute Gasteiger partial charge is 0.434 e. The van der Waals surface area contributed by atoms with Crippen LogP contribution in [0.25, 0.3) is 10.9 Å². The fourth-order valence-corrected chi connectivity index (χ4v) is 3.22. The number of hydrogen-bond acceptors (Lipinski definition) is 4. The maximum absolute atomic E-state index is 13.1. The molecule has 0 aliphatic heterocycles. The van der Waals surface area contributed by atoms with Crippen molar-refractivity contribution in [2.24, 2.45) is 7.05 Å². The van der Waals surface area contributed by atoms with Crippen LogP contribution in [0.15, 0.2) is 42.5 Å². The molecule has 0 saturated carbocycles. The fraction of sp³-hybridized carbons (Fsp3) is 0.250. The normalized spacial score (nSPS) is 12.9. The summed E-state index contributed by atoms with van der Waals surface area (Å²) in [5, 5.41) is 12.0. The zero-order chi connectivity index (χ0) is 26.5. The highest BCUT2D eigenvalue weighted by molar-refractivity contribution is 6.17. The second-order valence-corrected chi connectivity index (χ2v) is 7.12. The lowest BCUT2D eigenvalue weighted by atomic mass is 9.99. The summed E-state index contributed by atoms with van der Waals surface area (Å²) in [6.45, 7) is 0. The molecule has 0 atom stereocenters. The Labute approximate surface area is 188 Å². The monoisotopic (exact) mass is 514 g/mol. The molecule has 0 unspecified atom stereocenters. The van der Waals surface area contributed by atoms with E-state index in [1.807, 2.05) is 0 Å². The SMILES string of the molecule is Cn1c2ccc(C(F)(F)F)cc2c(C(=O)c2ccccc2C(=O)OC(C(F)(F)F)C(F)(F)F)[n+]1[O-]. The standard InChI is InChI=1S/C20H11F9N2O4/c1-30-13-7-6-9(18(21,22)23)8-12(13)14(31(30)34)15(32)10-4-2-3-5-11(10)16(33)35-17(19(24,25)26)20(27,28)29/h2-8,17H,1H3. The molecule has 3 rings (SSSR count). The van der Waals surface area contributed by atoms with Crippen LogP contribution in [0.1, 0.15) is 32.0 Å². The van der Waals surface area contributed by atoms with E-state index >= 15 is 0 Å². The van der Waals surface area contributed by atoms with E-state index in [0.29, 0.717) is 18.2 Å². The molecule has 2 aromatic carbocycles. The van der Waals surface area contributed by atoms with Gasteiger partial charge in [-0.1, -0.05) is 17.0 Å². The summed E-state index contributed by atoms with van der Waals surface area (Å²) in [5.41, 5.74) is -4.27. The molecule has 35 heavy (non-hydrogen) atoms. The average molecular weight is 514 g/mol. The molecule has 1 heterocycles. The van der Waals surface area contributed by atoms with E-state index in [9.17, 15) is 54.3 Å². The summed E-state index contributed by atoms with van der Waals surface area (Å²) in [6.07, 6.45) is -21.4. The van der Waals surface area contributed by atoms with Crippen molar-refractivity contribution >= 4 is 22.7 Å². The van der Waals surface area contributed by atoms with Gasteiger partial charge in [-0.2, -0.15) is 39.5 Å². The van der Waals surface area contributed by atoms with Gasteiger partial charge in [-0.25, -0.2) is 4.79 Å².